The molecule has 0 radical (unpaired) electrons. The van der Waals surface area contributed by atoms with Crippen LogP contribution in [-0.2, 0) is 0 Å². The van der Waals surface area contributed by atoms with Crippen LogP contribution in [0.1, 0.15) is 23.2 Å². The van der Waals surface area contributed by atoms with Crippen LogP contribution in [0.2, 0.25) is 5.02 Å². The van der Waals surface area contributed by atoms with Gasteiger partial charge in [0.1, 0.15) is 5.82 Å². The van der Waals surface area contributed by atoms with E-state index in [0.717, 1.165) is 12.8 Å². The number of urea groups is 1. The first-order chi connectivity index (χ1) is 13.0. The molecule has 0 aliphatic carbocycles. The standard InChI is InChI=1S/C20H21ClFN3O2/c21-16-3-1-15(2-4-16)19(26)23-13-14-9-11-25(12-10-14)20(27)24-18-7-5-17(22)6-8-18/h1-8,14H,9-13H2,(H,23,26)(H,24,27). The predicted molar refractivity (Wildman–Crippen MR) is 104 cm³/mol. The lowest BCUT2D eigenvalue weighted by Crippen LogP contribution is -2.43. The Morgan fingerprint density at radius 3 is 2.30 bits per heavy atom. The molecule has 1 aliphatic rings. The monoisotopic (exact) mass is 389 g/mol. The van der Waals surface area contributed by atoms with Crippen molar-refractivity contribution < 1.29 is 14.0 Å². The molecular formula is C20H21ClFN3O2. The number of hydrogen-bond acceptors (Lipinski definition) is 2. The number of piperidine rings is 1. The van der Waals surface area contributed by atoms with Crippen molar-refractivity contribution in [3.8, 4) is 0 Å². The Kier molecular flexibility index (Phi) is 6.29. The zero-order chi connectivity index (χ0) is 19.2. The lowest BCUT2D eigenvalue weighted by atomic mass is 9.97. The predicted octanol–water partition coefficient (Wildman–Crippen LogP) is 4.15. The van der Waals surface area contributed by atoms with Gasteiger partial charge in [-0.2, -0.15) is 0 Å². The van der Waals surface area contributed by atoms with Crippen LogP contribution in [0.25, 0.3) is 0 Å². The molecule has 0 bridgehead atoms. The molecule has 0 spiro atoms. The molecule has 0 atom stereocenters. The second-order valence-electron chi connectivity index (χ2n) is 6.58. The van der Waals surface area contributed by atoms with E-state index in [-0.39, 0.29) is 17.8 Å². The molecule has 0 aromatic heterocycles. The Labute approximate surface area is 162 Å². The summed E-state index contributed by atoms with van der Waals surface area (Å²) in [5, 5.41) is 6.31. The topological polar surface area (TPSA) is 61.4 Å². The number of rotatable bonds is 4. The number of nitrogens with one attached hydrogen (secondary N) is 2. The minimum atomic E-state index is -0.338. The molecule has 5 nitrogen and oxygen atoms in total. The summed E-state index contributed by atoms with van der Waals surface area (Å²) in [4.78, 5) is 26.2. The van der Waals surface area contributed by atoms with Crippen LogP contribution in [0.5, 0.6) is 0 Å². The molecule has 2 aromatic carbocycles. The number of halogens is 2. The summed E-state index contributed by atoms with van der Waals surface area (Å²) in [5.74, 6) is -0.131. The fraction of sp³-hybridized carbons (Fsp3) is 0.300. The van der Waals surface area contributed by atoms with Crippen molar-refractivity contribution in [3.05, 3.63) is 64.9 Å². The zero-order valence-corrected chi connectivity index (χ0v) is 15.5. The zero-order valence-electron chi connectivity index (χ0n) is 14.8. The molecule has 27 heavy (non-hydrogen) atoms. The van der Waals surface area contributed by atoms with Crippen molar-refractivity contribution in [2.24, 2.45) is 5.92 Å². The van der Waals surface area contributed by atoms with Crippen LogP contribution in [0.15, 0.2) is 48.5 Å². The maximum atomic E-state index is 12.9. The van der Waals surface area contributed by atoms with E-state index in [2.05, 4.69) is 10.6 Å². The maximum Gasteiger partial charge on any atom is 0.321 e. The summed E-state index contributed by atoms with van der Waals surface area (Å²) < 4.78 is 12.9. The summed E-state index contributed by atoms with van der Waals surface area (Å²) in [5.41, 5.74) is 1.15. The van der Waals surface area contributed by atoms with E-state index >= 15 is 0 Å². The van der Waals surface area contributed by atoms with Crippen molar-refractivity contribution >= 4 is 29.2 Å². The Balaban J connectivity index is 1.41. The van der Waals surface area contributed by atoms with Gasteiger partial charge < -0.3 is 15.5 Å². The third-order valence-corrected chi connectivity index (χ3v) is 4.91. The van der Waals surface area contributed by atoms with Crippen LogP contribution in [-0.4, -0.2) is 36.5 Å². The van der Waals surface area contributed by atoms with Gasteiger partial charge in [-0.15, -0.1) is 0 Å². The van der Waals surface area contributed by atoms with Gasteiger partial charge in [0.15, 0.2) is 0 Å². The van der Waals surface area contributed by atoms with E-state index in [1.807, 2.05) is 0 Å². The fourth-order valence-corrected chi connectivity index (χ4v) is 3.14. The highest BCUT2D eigenvalue weighted by Crippen LogP contribution is 2.18. The molecule has 142 valence electrons. The number of carbonyl (C=O) groups is 2. The van der Waals surface area contributed by atoms with Crippen LogP contribution < -0.4 is 10.6 Å². The van der Waals surface area contributed by atoms with Crippen molar-refractivity contribution in [1.82, 2.24) is 10.2 Å². The normalized spacial score (nSPS) is 14.7. The van der Waals surface area contributed by atoms with Gasteiger partial charge in [-0.25, -0.2) is 9.18 Å². The van der Waals surface area contributed by atoms with Crippen LogP contribution in [0.3, 0.4) is 0 Å². The van der Waals surface area contributed by atoms with Gasteiger partial charge in [-0.1, -0.05) is 11.6 Å². The molecule has 1 saturated heterocycles. The lowest BCUT2D eigenvalue weighted by molar-refractivity contribution is 0.0938. The summed E-state index contributed by atoms with van der Waals surface area (Å²) in [7, 11) is 0. The van der Waals surface area contributed by atoms with E-state index in [1.165, 1.54) is 24.3 Å². The molecule has 1 aliphatic heterocycles. The van der Waals surface area contributed by atoms with Crippen molar-refractivity contribution in [2.75, 3.05) is 25.0 Å². The molecule has 1 fully saturated rings. The smallest absolute Gasteiger partial charge is 0.321 e. The van der Waals surface area contributed by atoms with Gasteiger partial charge in [0.25, 0.3) is 5.91 Å². The van der Waals surface area contributed by atoms with E-state index in [9.17, 15) is 14.0 Å². The summed E-state index contributed by atoms with van der Waals surface area (Å²) in [6, 6.07) is 12.3. The quantitative estimate of drug-likeness (QED) is 0.825. The summed E-state index contributed by atoms with van der Waals surface area (Å²) in [6.07, 6.45) is 1.63. The average Bonchev–Trinajstić information content (AvgIpc) is 2.69. The Hall–Kier alpha value is -2.60. The fourth-order valence-electron chi connectivity index (χ4n) is 3.02. The molecule has 2 N–H and O–H groups in total. The van der Waals surface area contributed by atoms with E-state index in [4.69, 9.17) is 11.6 Å². The molecular weight excluding hydrogens is 369 g/mol. The second-order valence-corrected chi connectivity index (χ2v) is 7.02. The average molecular weight is 390 g/mol. The van der Waals surface area contributed by atoms with Gasteiger partial charge in [-0.3, -0.25) is 4.79 Å². The highest BCUT2D eigenvalue weighted by molar-refractivity contribution is 6.30. The van der Waals surface area contributed by atoms with Crippen molar-refractivity contribution in [2.45, 2.75) is 12.8 Å². The van der Waals surface area contributed by atoms with Crippen LogP contribution >= 0.6 is 11.6 Å². The third kappa shape index (κ3) is 5.44. The van der Waals surface area contributed by atoms with Gasteiger partial charge in [-0.05, 0) is 67.3 Å². The minimum absolute atomic E-state index is 0.122. The van der Waals surface area contributed by atoms with E-state index < -0.39 is 0 Å². The lowest BCUT2D eigenvalue weighted by Gasteiger charge is -2.32. The molecule has 1 heterocycles. The van der Waals surface area contributed by atoms with Gasteiger partial charge in [0, 0.05) is 35.9 Å². The van der Waals surface area contributed by atoms with Crippen LogP contribution in [0.4, 0.5) is 14.9 Å². The van der Waals surface area contributed by atoms with Gasteiger partial charge in [0.05, 0.1) is 0 Å². The largest absolute Gasteiger partial charge is 0.352 e. The first kappa shape index (κ1) is 19.2. The first-order valence-corrected chi connectivity index (χ1v) is 9.24. The Bertz CT molecular complexity index is 788. The van der Waals surface area contributed by atoms with E-state index in [1.54, 1.807) is 29.2 Å². The number of likely N-dealkylation sites (tertiary alicyclic amines) is 1. The van der Waals surface area contributed by atoms with Crippen molar-refractivity contribution in [3.63, 3.8) is 0 Å². The molecule has 3 rings (SSSR count). The Morgan fingerprint density at radius 2 is 1.67 bits per heavy atom. The summed E-state index contributed by atoms with van der Waals surface area (Å²) >= 11 is 5.83. The molecule has 0 saturated carbocycles. The van der Waals surface area contributed by atoms with Gasteiger partial charge >= 0.3 is 6.03 Å². The Morgan fingerprint density at radius 1 is 1.04 bits per heavy atom. The molecule has 2 aromatic rings. The number of anilines is 1. The summed E-state index contributed by atoms with van der Waals surface area (Å²) in [6.45, 7) is 1.82. The third-order valence-electron chi connectivity index (χ3n) is 4.65. The van der Waals surface area contributed by atoms with E-state index in [0.29, 0.717) is 41.8 Å². The number of hydrogen-bond donors (Lipinski definition) is 2. The second kappa shape index (κ2) is 8.86. The highest BCUT2D eigenvalue weighted by atomic mass is 35.5. The van der Waals surface area contributed by atoms with Crippen LogP contribution in [0, 0.1) is 11.7 Å². The SMILES string of the molecule is O=C(NCC1CCN(C(=O)Nc2ccc(F)cc2)CC1)c1ccc(Cl)cc1. The number of benzene rings is 2. The molecule has 0 unspecified atom stereocenters. The highest BCUT2D eigenvalue weighted by Gasteiger charge is 2.23. The molecule has 3 amide bonds. The molecule has 7 heteroatoms. The number of nitrogens with zero attached hydrogens (tertiary/aromatic N) is 1. The first-order valence-electron chi connectivity index (χ1n) is 8.86. The maximum absolute atomic E-state index is 12.9. The number of carbonyl (C=O) groups excluding carboxylic acids is 2. The minimum Gasteiger partial charge on any atom is -0.352 e. The number of amides is 3. The van der Waals surface area contributed by atoms with Gasteiger partial charge in [0.2, 0.25) is 0 Å². The van der Waals surface area contributed by atoms with Crippen molar-refractivity contribution in [1.29, 1.82) is 0 Å².